The second-order valence-corrected chi connectivity index (χ2v) is 4.84. The number of likely N-dealkylation sites (tertiary alicyclic amines) is 1. The van der Waals surface area contributed by atoms with Gasteiger partial charge in [-0.1, -0.05) is 0 Å². The molecule has 0 spiro atoms. The topological polar surface area (TPSA) is 56.2 Å². The van der Waals surface area contributed by atoms with Gasteiger partial charge in [0.15, 0.2) is 0 Å². The van der Waals surface area contributed by atoms with Gasteiger partial charge >= 0.3 is 0 Å². The van der Waals surface area contributed by atoms with Crippen LogP contribution in [0, 0.1) is 5.41 Å². The third-order valence-corrected chi connectivity index (χ3v) is 3.25. The molecule has 2 rings (SSSR count). The maximum absolute atomic E-state index is 11.4. The number of hydrogen-bond acceptors (Lipinski definition) is 2. The summed E-state index contributed by atoms with van der Waals surface area (Å²) in [7, 11) is 0. The van der Waals surface area contributed by atoms with Crippen LogP contribution in [0.25, 0.3) is 0 Å². The summed E-state index contributed by atoms with van der Waals surface area (Å²) in [6.45, 7) is 1.87. The number of amides is 1. The lowest BCUT2D eigenvalue weighted by molar-refractivity contribution is -0.121. The monoisotopic (exact) mass is 223 g/mol. The molecule has 2 N–H and O–H groups in total. The Labute approximate surface area is 96.9 Å². The molecule has 0 aromatic heterocycles. The molecule has 1 aliphatic heterocycles. The molecule has 4 heteroatoms. The Kier molecular flexibility index (Phi) is 3.80. The van der Waals surface area contributed by atoms with Crippen molar-refractivity contribution in [2.45, 2.75) is 51.0 Å². The van der Waals surface area contributed by atoms with E-state index in [-0.39, 0.29) is 5.91 Å². The highest BCUT2D eigenvalue weighted by Crippen LogP contribution is 2.18. The summed E-state index contributed by atoms with van der Waals surface area (Å²) >= 11 is 0. The van der Waals surface area contributed by atoms with Crippen molar-refractivity contribution in [2.75, 3.05) is 13.1 Å². The SMILES string of the molecule is N=C1CCCCN1CCCC(=O)NC1CC1. The van der Waals surface area contributed by atoms with Crippen molar-refractivity contribution in [3.8, 4) is 0 Å². The standard InChI is InChI=1S/C12H21N3O/c13-11-4-1-2-8-15(11)9-3-5-12(16)14-10-6-7-10/h10,13H,1-9H2,(H,14,16). The van der Waals surface area contributed by atoms with E-state index < -0.39 is 0 Å². The first-order valence-electron chi connectivity index (χ1n) is 6.37. The lowest BCUT2D eigenvalue weighted by atomic mass is 10.1. The number of amidine groups is 1. The average molecular weight is 223 g/mol. The fourth-order valence-corrected chi connectivity index (χ4v) is 2.09. The Morgan fingerprint density at radius 2 is 2.25 bits per heavy atom. The first kappa shape index (κ1) is 11.4. The summed E-state index contributed by atoms with van der Waals surface area (Å²) in [6.07, 6.45) is 7.05. The lowest BCUT2D eigenvalue weighted by Gasteiger charge is -2.29. The van der Waals surface area contributed by atoms with Crippen molar-refractivity contribution < 1.29 is 4.79 Å². The molecule has 0 aromatic carbocycles. The van der Waals surface area contributed by atoms with Crippen LogP contribution in [0.15, 0.2) is 0 Å². The lowest BCUT2D eigenvalue weighted by Crippen LogP contribution is -2.36. The van der Waals surface area contributed by atoms with E-state index in [1.807, 2.05) is 0 Å². The van der Waals surface area contributed by atoms with Crippen molar-refractivity contribution in [3.63, 3.8) is 0 Å². The zero-order chi connectivity index (χ0) is 11.4. The van der Waals surface area contributed by atoms with Gasteiger partial charge in [-0.3, -0.25) is 10.2 Å². The summed E-state index contributed by atoms with van der Waals surface area (Å²) in [4.78, 5) is 13.6. The zero-order valence-electron chi connectivity index (χ0n) is 9.80. The Bertz CT molecular complexity index is 273. The molecule has 4 nitrogen and oxygen atoms in total. The Hall–Kier alpha value is -1.06. The van der Waals surface area contributed by atoms with Gasteiger partial charge in [0.05, 0.1) is 5.84 Å². The third-order valence-electron chi connectivity index (χ3n) is 3.25. The molecule has 1 heterocycles. The molecule has 0 atom stereocenters. The van der Waals surface area contributed by atoms with Gasteiger partial charge in [0, 0.05) is 32.0 Å². The number of piperidine rings is 1. The number of carbonyl (C=O) groups excluding carboxylic acids is 1. The van der Waals surface area contributed by atoms with Crippen LogP contribution >= 0.6 is 0 Å². The normalized spacial score (nSPS) is 21.0. The minimum Gasteiger partial charge on any atom is -0.361 e. The smallest absolute Gasteiger partial charge is 0.220 e. The Morgan fingerprint density at radius 1 is 1.44 bits per heavy atom. The average Bonchev–Trinajstić information content (AvgIpc) is 3.05. The van der Waals surface area contributed by atoms with Crippen LogP contribution in [0.5, 0.6) is 0 Å². The predicted molar refractivity (Wildman–Crippen MR) is 63.5 cm³/mol. The van der Waals surface area contributed by atoms with E-state index in [2.05, 4.69) is 10.2 Å². The van der Waals surface area contributed by atoms with Crippen LogP contribution in [0.4, 0.5) is 0 Å². The van der Waals surface area contributed by atoms with Crippen molar-refractivity contribution in [1.29, 1.82) is 5.41 Å². The molecule has 0 unspecified atom stereocenters. The summed E-state index contributed by atoms with van der Waals surface area (Å²) in [5, 5.41) is 10.8. The highest BCUT2D eigenvalue weighted by Gasteiger charge is 2.23. The fraction of sp³-hybridized carbons (Fsp3) is 0.833. The van der Waals surface area contributed by atoms with E-state index in [0.717, 1.165) is 51.0 Å². The molecular formula is C12H21N3O. The van der Waals surface area contributed by atoms with Crippen LogP contribution in [0.1, 0.15) is 44.9 Å². The first-order valence-corrected chi connectivity index (χ1v) is 6.37. The summed E-state index contributed by atoms with van der Waals surface area (Å²) < 4.78 is 0. The third kappa shape index (κ3) is 3.51. The minimum absolute atomic E-state index is 0.186. The van der Waals surface area contributed by atoms with E-state index in [4.69, 9.17) is 5.41 Å². The van der Waals surface area contributed by atoms with E-state index in [1.165, 1.54) is 6.42 Å². The summed E-state index contributed by atoms with van der Waals surface area (Å²) in [5.41, 5.74) is 0. The minimum atomic E-state index is 0.186. The van der Waals surface area contributed by atoms with Crippen molar-refractivity contribution >= 4 is 11.7 Å². The maximum Gasteiger partial charge on any atom is 0.220 e. The van der Waals surface area contributed by atoms with E-state index in [0.29, 0.717) is 12.5 Å². The van der Waals surface area contributed by atoms with Gasteiger partial charge in [-0.2, -0.15) is 0 Å². The molecule has 90 valence electrons. The molecule has 0 aromatic rings. The van der Waals surface area contributed by atoms with E-state index in [9.17, 15) is 4.79 Å². The largest absolute Gasteiger partial charge is 0.361 e. The molecule has 2 aliphatic rings. The second kappa shape index (κ2) is 5.32. The molecule has 1 aliphatic carbocycles. The molecule has 0 bridgehead atoms. The zero-order valence-corrected chi connectivity index (χ0v) is 9.80. The molecule has 1 saturated heterocycles. The van der Waals surface area contributed by atoms with Crippen LogP contribution in [0.2, 0.25) is 0 Å². The van der Waals surface area contributed by atoms with Crippen molar-refractivity contribution in [2.24, 2.45) is 0 Å². The van der Waals surface area contributed by atoms with E-state index >= 15 is 0 Å². The molecule has 1 saturated carbocycles. The van der Waals surface area contributed by atoms with Crippen molar-refractivity contribution in [1.82, 2.24) is 10.2 Å². The maximum atomic E-state index is 11.4. The molecule has 2 fully saturated rings. The number of hydrogen-bond donors (Lipinski definition) is 2. The molecule has 16 heavy (non-hydrogen) atoms. The summed E-state index contributed by atoms with van der Waals surface area (Å²) in [5.74, 6) is 0.944. The number of carbonyl (C=O) groups is 1. The van der Waals surface area contributed by atoms with E-state index in [1.54, 1.807) is 0 Å². The fourth-order valence-electron chi connectivity index (χ4n) is 2.09. The summed E-state index contributed by atoms with van der Waals surface area (Å²) in [6, 6.07) is 0.473. The van der Waals surface area contributed by atoms with Crippen LogP contribution in [-0.2, 0) is 4.79 Å². The van der Waals surface area contributed by atoms with Gasteiger partial charge in [-0.25, -0.2) is 0 Å². The van der Waals surface area contributed by atoms with Crippen molar-refractivity contribution in [3.05, 3.63) is 0 Å². The van der Waals surface area contributed by atoms with Gasteiger partial charge in [-0.05, 0) is 32.1 Å². The second-order valence-electron chi connectivity index (χ2n) is 4.84. The van der Waals surface area contributed by atoms with Crippen LogP contribution in [-0.4, -0.2) is 35.8 Å². The Morgan fingerprint density at radius 3 is 2.94 bits per heavy atom. The number of nitrogens with one attached hydrogen (secondary N) is 2. The van der Waals surface area contributed by atoms with Crippen LogP contribution in [0.3, 0.4) is 0 Å². The molecular weight excluding hydrogens is 202 g/mol. The first-order chi connectivity index (χ1) is 7.75. The highest BCUT2D eigenvalue weighted by molar-refractivity contribution is 5.80. The van der Waals surface area contributed by atoms with Gasteiger partial charge in [-0.15, -0.1) is 0 Å². The molecule has 1 amide bonds. The predicted octanol–water partition coefficient (Wildman–Crippen LogP) is 1.51. The van der Waals surface area contributed by atoms with Gasteiger partial charge < -0.3 is 10.2 Å². The Balaban J connectivity index is 1.58. The quantitative estimate of drug-likeness (QED) is 0.742. The van der Waals surface area contributed by atoms with Gasteiger partial charge in [0.2, 0.25) is 5.91 Å². The molecule has 0 radical (unpaired) electrons. The number of rotatable bonds is 5. The highest BCUT2D eigenvalue weighted by atomic mass is 16.1. The van der Waals surface area contributed by atoms with Gasteiger partial charge in [0.1, 0.15) is 0 Å². The number of nitrogens with zero attached hydrogens (tertiary/aromatic N) is 1. The van der Waals surface area contributed by atoms with Gasteiger partial charge in [0.25, 0.3) is 0 Å². The van der Waals surface area contributed by atoms with Crippen LogP contribution < -0.4 is 5.32 Å².